The lowest BCUT2D eigenvalue weighted by atomic mass is 9.42. The molecule has 1 heterocycles. The minimum atomic E-state index is -1.92. The number of piperidine rings is 1. The number of carboxylic acids is 1. The van der Waals surface area contributed by atoms with Gasteiger partial charge in [-0.1, -0.05) is 25.1 Å². The van der Waals surface area contributed by atoms with Gasteiger partial charge in [-0.15, -0.1) is 0 Å². The Morgan fingerprint density at radius 2 is 1.69 bits per heavy atom. The molecule has 4 N–H and O–H groups in total. The van der Waals surface area contributed by atoms with Crippen LogP contribution in [-0.4, -0.2) is 145 Å². The van der Waals surface area contributed by atoms with Crippen LogP contribution in [-0.2, 0) is 38.0 Å². The van der Waals surface area contributed by atoms with Crippen LogP contribution in [0.2, 0.25) is 0 Å². The summed E-state index contributed by atoms with van der Waals surface area (Å²) in [6.45, 7) is 3.16. The zero-order valence-corrected chi connectivity index (χ0v) is 29.8. The van der Waals surface area contributed by atoms with Gasteiger partial charge in [-0.05, 0) is 37.4 Å². The summed E-state index contributed by atoms with van der Waals surface area (Å²) in [5.74, 6) is -5.30. The molecular formula is C37H51NO13. The van der Waals surface area contributed by atoms with E-state index >= 15 is 0 Å². The number of esters is 2. The van der Waals surface area contributed by atoms with Crippen molar-refractivity contribution in [2.24, 2.45) is 34.5 Å². The highest BCUT2D eigenvalue weighted by molar-refractivity contribution is 5.89. The Labute approximate surface area is 297 Å². The summed E-state index contributed by atoms with van der Waals surface area (Å²) in [5.41, 5.74) is -5.24. The number of hydrogen-bond acceptors (Lipinski definition) is 13. The van der Waals surface area contributed by atoms with Crippen molar-refractivity contribution >= 4 is 17.9 Å². The molecular weight excluding hydrogens is 666 g/mol. The Morgan fingerprint density at radius 3 is 2.29 bits per heavy atom. The Balaban J connectivity index is 1.49. The fourth-order valence-corrected chi connectivity index (χ4v) is 12.7. The lowest BCUT2D eigenvalue weighted by Gasteiger charge is -2.70. The molecule has 1 unspecified atom stereocenters. The maximum atomic E-state index is 14.0. The highest BCUT2D eigenvalue weighted by Crippen LogP contribution is 2.80. The second-order valence-electron chi connectivity index (χ2n) is 15.5. The number of nitrogens with zero attached hydrogens (tertiary/aromatic N) is 1. The summed E-state index contributed by atoms with van der Waals surface area (Å²) < 4.78 is 37.7. The van der Waals surface area contributed by atoms with Gasteiger partial charge in [0.1, 0.15) is 23.9 Å². The lowest BCUT2D eigenvalue weighted by molar-refractivity contribution is -0.323. The van der Waals surface area contributed by atoms with Crippen LogP contribution in [0.5, 0.6) is 0 Å². The SMILES string of the molecule is CCN1C[C@]2(COC)[C@H](O)C[C@H](OC)[C@]34C1[C@H]([C@H](OC)[C@H]23)[C@]1(OC(=O)CCCC(=O)O)[C@H]2[C@@H](OC(=O)c3ccccc3)[C@](O)(C[C@H]24)[C@@H](OC)[C@@H]1O. The monoisotopic (exact) mass is 717 g/mol. The summed E-state index contributed by atoms with van der Waals surface area (Å²) in [4.78, 5) is 41.6. The number of hydrogen-bond donors (Lipinski definition) is 4. The standard InChI is InChI=1S/C37H51NO13/c1-6-38-17-34(18-46-2)21(39)15-22(47-3)36-20-16-35(45)31(50-33(44)19-11-8-7-9-12-19)25(20)37(30(43)32(35)49-5,51-24(42)14-10-13-23(40)41)26(29(36)38)27(48-4)28(34)36/h7-9,11-12,20-22,25-32,39,43,45H,6,10,13-18H2,1-5H3,(H,40,41)/t20-,21-,22+,25-,26+,27+,28-,29?,30+,31-,32+,34+,35-,36+,37-/m1/s1. The second-order valence-corrected chi connectivity index (χ2v) is 15.5. The molecule has 1 aromatic carbocycles. The number of aliphatic carboxylic acids is 1. The van der Waals surface area contributed by atoms with Gasteiger partial charge in [0.05, 0.1) is 30.5 Å². The largest absolute Gasteiger partial charge is 0.481 e. The average molecular weight is 718 g/mol. The number of carboxylic acid groups (broad SMARTS) is 1. The fourth-order valence-electron chi connectivity index (χ4n) is 12.7. The summed E-state index contributed by atoms with van der Waals surface area (Å²) in [6, 6.07) is 7.94. The molecule has 0 radical (unpaired) electrons. The van der Waals surface area contributed by atoms with Crippen LogP contribution in [0.25, 0.3) is 0 Å². The Morgan fingerprint density at radius 1 is 0.961 bits per heavy atom. The molecule has 1 aromatic rings. The Hall–Kier alpha value is -2.69. The predicted molar refractivity (Wildman–Crippen MR) is 176 cm³/mol. The molecule has 14 heteroatoms. The Kier molecular flexibility index (Phi) is 9.35. The van der Waals surface area contributed by atoms with E-state index in [9.17, 15) is 34.8 Å². The van der Waals surface area contributed by atoms with Crippen molar-refractivity contribution in [2.75, 3.05) is 48.1 Å². The van der Waals surface area contributed by atoms with E-state index in [2.05, 4.69) is 4.90 Å². The van der Waals surface area contributed by atoms with Crippen molar-refractivity contribution in [2.45, 2.75) is 92.9 Å². The third-order valence-electron chi connectivity index (χ3n) is 13.9. The minimum absolute atomic E-state index is 0.00282. The number of carbonyl (C=O) groups is 3. The first-order valence-corrected chi connectivity index (χ1v) is 18.0. The second kappa shape index (κ2) is 13.0. The van der Waals surface area contributed by atoms with Crippen molar-refractivity contribution < 1.29 is 63.2 Å². The highest BCUT2D eigenvalue weighted by Gasteiger charge is 2.92. The number of carbonyl (C=O) groups excluding carboxylic acids is 2. The molecule has 6 fully saturated rings. The molecule has 15 atom stereocenters. The number of methoxy groups -OCH3 is 4. The number of benzene rings is 1. The number of rotatable bonds is 13. The van der Waals surface area contributed by atoms with Crippen molar-refractivity contribution in [3.8, 4) is 0 Å². The van der Waals surface area contributed by atoms with Gasteiger partial charge in [-0.25, -0.2) is 4.79 Å². The molecule has 7 rings (SSSR count). The maximum Gasteiger partial charge on any atom is 0.338 e. The molecule has 0 aromatic heterocycles. The highest BCUT2D eigenvalue weighted by atomic mass is 16.6. The Bertz CT molecular complexity index is 1510. The molecule has 6 aliphatic rings. The van der Waals surface area contributed by atoms with Crippen molar-refractivity contribution in [1.29, 1.82) is 0 Å². The molecule has 14 nitrogen and oxygen atoms in total. The van der Waals surface area contributed by atoms with Gasteiger partial charge in [0.15, 0.2) is 5.60 Å². The van der Waals surface area contributed by atoms with Gasteiger partial charge in [-0.2, -0.15) is 0 Å². The number of aliphatic hydroxyl groups excluding tert-OH is 2. The third kappa shape index (κ3) is 4.66. The van der Waals surface area contributed by atoms with E-state index in [0.717, 1.165) is 0 Å². The number of likely N-dealkylation sites (tertiary alicyclic amines) is 1. The van der Waals surface area contributed by atoms with Crippen LogP contribution >= 0.6 is 0 Å². The molecule has 1 saturated heterocycles. The molecule has 5 saturated carbocycles. The zero-order valence-electron chi connectivity index (χ0n) is 29.8. The molecule has 51 heavy (non-hydrogen) atoms. The van der Waals surface area contributed by atoms with E-state index in [-0.39, 0.29) is 44.3 Å². The normalized spacial score (nSPS) is 46.1. The van der Waals surface area contributed by atoms with Gasteiger partial charge < -0.3 is 48.8 Å². The van der Waals surface area contributed by atoms with E-state index in [4.69, 9.17) is 28.4 Å². The molecule has 282 valence electrons. The maximum absolute atomic E-state index is 14.0. The summed E-state index contributed by atoms with van der Waals surface area (Å²) in [6.07, 6.45) is -6.67. The zero-order chi connectivity index (χ0) is 36.7. The van der Waals surface area contributed by atoms with Crippen LogP contribution in [0, 0.1) is 34.5 Å². The summed E-state index contributed by atoms with van der Waals surface area (Å²) in [5, 5.41) is 47.0. The first kappa shape index (κ1) is 36.7. The van der Waals surface area contributed by atoms with Gasteiger partial charge in [0.25, 0.3) is 0 Å². The van der Waals surface area contributed by atoms with E-state index < -0.39 is 106 Å². The molecule has 0 amide bonds. The molecule has 1 spiro atoms. The lowest BCUT2D eigenvalue weighted by Crippen LogP contribution is -2.81. The average Bonchev–Trinajstić information content (AvgIpc) is 3.48. The topological polar surface area (TPSA) is 191 Å². The first-order chi connectivity index (χ1) is 24.4. The van der Waals surface area contributed by atoms with Crippen molar-refractivity contribution in [3.63, 3.8) is 0 Å². The van der Waals surface area contributed by atoms with Crippen LogP contribution < -0.4 is 0 Å². The number of fused-ring (bicyclic) bond motifs is 2. The fraction of sp³-hybridized carbons (Fsp3) is 0.757. The van der Waals surface area contributed by atoms with Crippen molar-refractivity contribution in [3.05, 3.63) is 35.9 Å². The van der Waals surface area contributed by atoms with Gasteiger partial charge in [-0.3, -0.25) is 14.5 Å². The molecule has 5 aliphatic carbocycles. The van der Waals surface area contributed by atoms with Gasteiger partial charge in [0.2, 0.25) is 0 Å². The first-order valence-electron chi connectivity index (χ1n) is 18.0. The molecule has 1 aliphatic heterocycles. The van der Waals surface area contributed by atoms with Crippen LogP contribution in [0.3, 0.4) is 0 Å². The number of aliphatic hydroxyl groups is 3. The summed E-state index contributed by atoms with van der Waals surface area (Å²) >= 11 is 0. The smallest absolute Gasteiger partial charge is 0.338 e. The van der Waals surface area contributed by atoms with E-state index in [1.165, 1.54) is 7.11 Å². The summed E-state index contributed by atoms with van der Waals surface area (Å²) in [7, 11) is 6.13. The van der Waals surface area contributed by atoms with Crippen molar-refractivity contribution in [1.82, 2.24) is 4.90 Å². The van der Waals surface area contributed by atoms with E-state index in [1.807, 2.05) is 6.92 Å². The minimum Gasteiger partial charge on any atom is -0.481 e. The van der Waals surface area contributed by atoms with Crippen LogP contribution in [0.4, 0.5) is 0 Å². The van der Waals surface area contributed by atoms with Crippen LogP contribution in [0.1, 0.15) is 49.4 Å². The van der Waals surface area contributed by atoms with Gasteiger partial charge in [0, 0.05) is 88.9 Å². The van der Waals surface area contributed by atoms with E-state index in [1.54, 1.807) is 51.7 Å². The van der Waals surface area contributed by atoms with E-state index in [0.29, 0.717) is 13.1 Å². The predicted octanol–water partition coefficient (Wildman–Crippen LogP) is 0.883. The quantitative estimate of drug-likeness (QED) is 0.210. The van der Waals surface area contributed by atoms with Crippen LogP contribution in [0.15, 0.2) is 30.3 Å². The molecule has 7 bridgehead atoms. The number of ether oxygens (including phenoxy) is 6. The third-order valence-corrected chi connectivity index (χ3v) is 13.9. The van der Waals surface area contributed by atoms with Gasteiger partial charge >= 0.3 is 17.9 Å².